The summed E-state index contributed by atoms with van der Waals surface area (Å²) in [6.45, 7) is 10.4. The Balaban J connectivity index is 1.88. The van der Waals surface area contributed by atoms with Gasteiger partial charge >= 0.3 is 0 Å². The molecular formula is C16H23N3. The quantitative estimate of drug-likeness (QED) is 0.891. The van der Waals surface area contributed by atoms with Gasteiger partial charge in [-0.25, -0.2) is 0 Å². The third kappa shape index (κ3) is 3.93. The highest BCUT2D eigenvalue weighted by atomic mass is 15.3. The van der Waals surface area contributed by atoms with Crippen molar-refractivity contribution in [2.24, 2.45) is 0 Å². The fourth-order valence-corrected chi connectivity index (χ4v) is 2.36. The van der Waals surface area contributed by atoms with Crippen molar-refractivity contribution in [2.75, 3.05) is 6.54 Å². The van der Waals surface area contributed by atoms with Gasteiger partial charge in [0.05, 0.1) is 12.7 Å². The molecule has 0 saturated carbocycles. The van der Waals surface area contributed by atoms with Crippen molar-refractivity contribution in [3.05, 3.63) is 52.8 Å². The summed E-state index contributed by atoms with van der Waals surface area (Å²) >= 11 is 0. The summed E-state index contributed by atoms with van der Waals surface area (Å²) in [5.74, 6) is 0. The molecule has 3 nitrogen and oxygen atoms in total. The maximum Gasteiger partial charge on any atom is 0.0534 e. The van der Waals surface area contributed by atoms with Crippen LogP contribution in [0, 0.1) is 20.8 Å². The molecule has 2 aromatic rings. The smallest absolute Gasteiger partial charge is 0.0534 e. The first-order valence-corrected chi connectivity index (χ1v) is 6.85. The third-order valence-corrected chi connectivity index (χ3v) is 3.30. The summed E-state index contributed by atoms with van der Waals surface area (Å²) in [6.07, 6.45) is 3.97. The summed E-state index contributed by atoms with van der Waals surface area (Å²) in [4.78, 5) is 0. The standard InChI is InChI=1S/C16H23N3/c1-12-7-13(2)9-16(8-12)15(4)17-5-6-19-11-14(3)10-18-19/h7-11,15,17H,5-6H2,1-4H3. The van der Waals surface area contributed by atoms with Crippen LogP contribution in [0.15, 0.2) is 30.6 Å². The van der Waals surface area contributed by atoms with Crippen molar-refractivity contribution in [3.8, 4) is 0 Å². The third-order valence-electron chi connectivity index (χ3n) is 3.30. The van der Waals surface area contributed by atoms with Gasteiger partial charge in [0.25, 0.3) is 0 Å². The van der Waals surface area contributed by atoms with E-state index in [1.54, 1.807) is 0 Å². The Morgan fingerprint density at radius 3 is 2.37 bits per heavy atom. The van der Waals surface area contributed by atoms with E-state index in [1.807, 2.05) is 10.9 Å². The number of aryl methyl sites for hydroxylation is 3. The molecule has 102 valence electrons. The van der Waals surface area contributed by atoms with Crippen molar-refractivity contribution < 1.29 is 0 Å². The first-order chi connectivity index (χ1) is 9.04. The van der Waals surface area contributed by atoms with E-state index in [0.29, 0.717) is 6.04 Å². The highest BCUT2D eigenvalue weighted by Crippen LogP contribution is 2.16. The number of nitrogens with one attached hydrogen (secondary N) is 1. The Morgan fingerprint density at radius 1 is 1.11 bits per heavy atom. The lowest BCUT2D eigenvalue weighted by atomic mass is 10.0. The van der Waals surface area contributed by atoms with E-state index in [4.69, 9.17) is 0 Å². The van der Waals surface area contributed by atoms with E-state index in [0.717, 1.165) is 13.1 Å². The monoisotopic (exact) mass is 257 g/mol. The number of hydrogen-bond acceptors (Lipinski definition) is 2. The van der Waals surface area contributed by atoms with Crippen molar-refractivity contribution in [1.82, 2.24) is 15.1 Å². The maximum absolute atomic E-state index is 4.29. The number of nitrogens with zero attached hydrogens (tertiary/aromatic N) is 2. The summed E-state index contributed by atoms with van der Waals surface area (Å²) in [6, 6.07) is 7.09. The second kappa shape index (κ2) is 6.02. The van der Waals surface area contributed by atoms with Crippen LogP contribution in [-0.2, 0) is 6.54 Å². The molecule has 0 aliphatic rings. The van der Waals surface area contributed by atoms with Gasteiger partial charge in [0.2, 0.25) is 0 Å². The van der Waals surface area contributed by atoms with Gasteiger partial charge in [0, 0.05) is 18.8 Å². The van der Waals surface area contributed by atoms with Gasteiger partial charge in [0.15, 0.2) is 0 Å². The van der Waals surface area contributed by atoms with Crippen molar-refractivity contribution in [1.29, 1.82) is 0 Å². The Kier molecular flexibility index (Phi) is 4.38. The molecule has 1 heterocycles. The lowest BCUT2D eigenvalue weighted by molar-refractivity contribution is 0.507. The Morgan fingerprint density at radius 2 is 1.79 bits per heavy atom. The molecule has 0 aliphatic heterocycles. The van der Waals surface area contributed by atoms with Crippen molar-refractivity contribution in [3.63, 3.8) is 0 Å². The van der Waals surface area contributed by atoms with Gasteiger partial charge in [-0.3, -0.25) is 4.68 Å². The van der Waals surface area contributed by atoms with Gasteiger partial charge in [-0.2, -0.15) is 5.10 Å². The Hall–Kier alpha value is -1.61. The summed E-state index contributed by atoms with van der Waals surface area (Å²) in [5.41, 5.74) is 5.22. The second-order valence-corrected chi connectivity index (χ2v) is 5.38. The highest BCUT2D eigenvalue weighted by Gasteiger charge is 2.05. The second-order valence-electron chi connectivity index (χ2n) is 5.38. The lowest BCUT2D eigenvalue weighted by Crippen LogP contribution is -2.23. The molecule has 1 N–H and O–H groups in total. The number of benzene rings is 1. The van der Waals surface area contributed by atoms with Crippen LogP contribution in [0.1, 0.15) is 35.2 Å². The van der Waals surface area contributed by atoms with Crippen molar-refractivity contribution >= 4 is 0 Å². The van der Waals surface area contributed by atoms with E-state index in [-0.39, 0.29) is 0 Å². The maximum atomic E-state index is 4.29. The zero-order valence-corrected chi connectivity index (χ0v) is 12.3. The van der Waals surface area contributed by atoms with Crippen LogP contribution in [0.4, 0.5) is 0 Å². The molecule has 2 rings (SSSR count). The fraction of sp³-hybridized carbons (Fsp3) is 0.438. The van der Waals surface area contributed by atoms with E-state index in [2.05, 4.69) is 62.5 Å². The normalized spacial score (nSPS) is 12.6. The van der Waals surface area contributed by atoms with Gasteiger partial charge < -0.3 is 5.32 Å². The van der Waals surface area contributed by atoms with Gasteiger partial charge in [-0.1, -0.05) is 29.3 Å². The molecular weight excluding hydrogens is 234 g/mol. The number of rotatable bonds is 5. The predicted octanol–water partition coefficient (Wildman–Crippen LogP) is 3.16. The first-order valence-electron chi connectivity index (χ1n) is 6.85. The van der Waals surface area contributed by atoms with Gasteiger partial charge in [-0.15, -0.1) is 0 Å². The van der Waals surface area contributed by atoms with Crippen LogP contribution < -0.4 is 5.32 Å². The lowest BCUT2D eigenvalue weighted by Gasteiger charge is -2.15. The fourth-order valence-electron chi connectivity index (χ4n) is 2.36. The summed E-state index contributed by atoms with van der Waals surface area (Å²) < 4.78 is 1.98. The molecule has 0 saturated heterocycles. The largest absolute Gasteiger partial charge is 0.308 e. The van der Waals surface area contributed by atoms with Crippen molar-refractivity contribution in [2.45, 2.75) is 40.3 Å². The Labute approximate surface area is 115 Å². The van der Waals surface area contributed by atoms with Crippen LogP contribution >= 0.6 is 0 Å². The molecule has 1 aromatic heterocycles. The minimum absolute atomic E-state index is 0.371. The summed E-state index contributed by atoms with van der Waals surface area (Å²) in [7, 11) is 0. The van der Waals surface area contributed by atoms with E-state index >= 15 is 0 Å². The van der Waals surface area contributed by atoms with Crippen LogP contribution in [0.5, 0.6) is 0 Å². The highest BCUT2D eigenvalue weighted by molar-refractivity contribution is 5.30. The van der Waals surface area contributed by atoms with Crippen LogP contribution in [0.3, 0.4) is 0 Å². The topological polar surface area (TPSA) is 29.9 Å². The Bertz CT molecular complexity index is 522. The molecule has 1 atom stereocenters. The SMILES string of the molecule is Cc1cc(C)cc(C(C)NCCn2cc(C)cn2)c1. The van der Waals surface area contributed by atoms with Gasteiger partial charge in [-0.05, 0) is 38.8 Å². The zero-order valence-electron chi connectivity index (χ0n) is 12.3. The minimum Gasteiger partial charge on any atom is -0.308 e. The minimum atomic E-state index is 0.371. The van der Waals surface area contributed by atoms with E-state index in [1.165, 1.54) is 22.3 Å². The number of hydrogen-bond donors (Lipinski definition) is 1. The molecule has 0 spiro atoms. The van der Waals surface area contributed by atoms with Crippen LogP contribution in [0.2, 0.25) is 0 Å². The summed E-state index contributed by atoms with van der Waals surface area (Å²) in [5, 5.41) is 7.84. The molecule has 0 radical (unpaired) electrons. The average molecular weight is 257 g/mol. The molecule has 0 fully saturated rings. The zero-order chi connectivity index (χ0) is 13.8. The molecule has 1 unspecified atom stereocenters. The first kappa shape index (κ1) is 13.8. The molecule has 19 heavy (non-hydrogen) atoms. The van der Waals surface area contributed by atoms with Gasteiger partial charge in [0.1, 0.15) is 0 Å². The molecule has 0 bridgehead atoms. The number of aromatic nitrogens is 2. The molecule has 3 heteroatoms. The molecule has 0 aliphatic carbocycles. The van der Waals surface area contributed by atoms with E-state index < -0.39 is 0 Å². The molecule has 1 aromatic carbocycles. The average Bonchev–Trinajstić information content (AvgIpc) is 2.73. The van der Waals surface area contributed by atoms with Crippen LogP contribution in [0.25, 0.3) is 0 Å². The predicted molar refractivity (Wildman–Crippen MR) is 79.3 cm³/mol. The molecule has 0 amide bonds. The van der Waals surface area contributed by atoms with Crippen LogP contribution in [-0.4, -0.2) is 16.3 Å². The van der Waals surface area contributed by atoms with E-state index in [9.17, 15) is 0 Å².